The zero-order chi connectivity index (χ0) is 18.4. The maximum absolute atomic E-state index is 12.5. The molecule has 0 amide bonds. The number of Topliss-reactive ketones (excluding diaryl/α,β-unsaturated/α-hetero) is 1. The van der Waals surface area contributed by atoms with Gasteiger partial charge in [0.2, 0.25) is 0 Å². The molecule has 0 unspecified atom stereocenters. The van der Waals surface area contributed by atoms with Gasteiger partial charge in [0.15, 0.2) is 0 Å². The van der Waals surface area contributed by atoms with Gasteiger partial charge in [0.25, 0.3) is 0 Å². The topological polar surface area (TPSA) is 61.8 Å². The number of ketones is 1. The van der Waals surface area contributed by atoms with Crippen molar-refractivity contribution in [2.24, 2.45) is 0 Å². The van der Waals surface area contributed by atoms with Crippen molar-refractivity contribution in [2.45, 2.75) is 19.8 Å². The van der Waals surface area contributed by atoms with Crippen molar-refractivity contribution in [1.29, 1.82) is 0 Å². The molecule has 0 atom stereocenters. The Morgan fingerprint density at radius 2 is 1.56 bits per heavy atom. The van der Waals surface area contributed by atoms with E-state index in [4.69, 9.17) is 14.2 Å². The Morgan fingerprint density at radius 1 is 0.920 bits per heavy atom. The third-order valence-electron chi connectivity index (χ3n) is 3.88. The highest BCUT2D eigenvalue weighted by atomic mass is 16.5. The van der Waals surface area contributed by atoms with Crippen LogP contribution in [0.5, 0.6) is 11.5 Å². The zero-order valence-electron chi connectivity index (χ0n) is 14.9. The fourth-order valence-corrected chi connectivity index (χ4v) is 2.70. The molecule has 2 aromatic carbocycles. The lowest BCUT2D eigenvalue weighted by Gasteiger charge is -2.14. The molecule has 0 saturated carbocycles. The van der Waals surface area contributed by atoms with Gasteiger partial charge in [-0.15, -0.1) is 0 Å². The molecule has 0 spiro atoms. The number of aryl methyl sites for hydroxylation is 1. The molecule has 0 N–H and O–H groups in total. The Balaban J connectivity index is 2.20. The fourth-order valence-electron chi connectivity index (χ4n) is 2.70. The summed E-state index contributed by atoms with van der Waals surface area (Å²) in [7, 11) is 4.47. The van der Waals surface area contributed by atoms with Crippen molar-refractivity contribution in [3.8, 4) is 11.5 Å². The van der Waals surface area contributed by atoms with Gasteiger partial charge in [0, 0.05) is 18.4 Å². The molecular formula is C20H22O5. The molecule has 0 bridgehead atoms. The first-order valence-electron chi connectivity index (χ1n) is 7.89. The van der Waals surface area contributed by atoms with Crippen molar-refractivity contribution in [3.05, 3.63) is 58.7 Å². The molecule has 0 fully saturated rings. The van der Waals surface area contributed by atoms with Gasteiger partial charge < -0.3 is 14.2 Å². The monoisotopic (exact) mass is 342 g/mol. The summed E-state index contributed by atoms with van der Waals surface area (Å²) >= 11 is 0. The summed E-state index contributed by atoms with van der Waals surface area (Å²) in [5.74, 6) is 0.848. The lowest BCUT2D eigenvalue weighted by Crippen LogP contribution is -2.10. The van der Waals surface area contributed by atoms with E-state index in [0.29, 0.717) is 17.1 Å². The summed E-state index contributed by atoms with van der Waals surface area (Å²) in [6.07, 6.45) is 0.403. The molecule has 132 valence electrons. The summed E-state index contributed by atoms with van der Waals surface area (Å²) < 4.78 is 15.5. The third kappa shape index (κ3) is 4.59. The van der Waals surface area contributed by atoms with Gasteiger partial charge in [-0.25, -0.2) is 4.79 Å². The summed E-state index contributed by atoms with van der Waals surface area (Å²) in [5, 5.41) is 0. The minimum absolute atomic E-state index is 0.00229. The van der Waals surface area contributed by atoms with Gasteiger partial charge >= 0.3 is 5.97 Å². The highest BCUT2D eigenvalue weighted by molar-refractivity contribution is 5.90. The number of hydrogen-bond donors (Lipinski definition) is 0. The lowest BCUT2D eigenvalue weighted by atomic mass is 9.99. The highest BCUT2D eigenvalue weighted by Crippen LogP contribution is 2.31. The number of ether oxygens (including phenoxy) is 3. The quantitative estimate of drug-likeness (QED) is 0.723. The van der Waals surface area contributed by atoms with Crippen LogP contribution in [0.25, 0.3) is 0 Å². The van der Waals surface area contributed by atoms with Crippen molar-refractivity contribution in [3.63, 3.8) is 0 Å². The average molecular weight is 342 g/mol. The van der Waals surface area contributed by atoms with E-state index in [9.17, 15) is 9.59 Å². The Morgan fingerprint density at radius 3 is 2.12 bits per heavy atom. The number of rotatable bonds is 7. The van der Waals surface area contributed by atoms with Crippen molar-refractivity contribution in [2.75, 3.05) is 21.3 Å². The standard InChI is InChI=1S/C20H22O5/c1-13-8-18(23-2)17(19(9-13)24-3)12-16(21)11-14-6-5-7-15(10-14)20(22)25-4/h5-10H,11-12H2,1-4H3. The Bertz CT molecular complexity index is 754. The largest absolute Gasteiger partial charge is 0.496 e. The number of hydrogen-bond acceptors (Lipinski definition) is 5. The zero-order valence-corrected chi connectivity index (χ0v) is 14.9. The van der Waals surface area contributed by atoms with Crippen LogP contribution in [0, 0.1) is 6.92 Å². The summed E-state index contributed by atoms with van der Waals surface area (Å²) in [6, 6.07) is 10.6. The molecule has 0 aliphatic carbocycles. The molecule has 5 nitrogen and oxygen atoms in total. The van der Waals surface area contributed by atoms with Crippen LogP contribution >= 0.6 is 0 Å². The maximum atomic E-state index is 12.5. The van der Waals surface area contributed by atoms with Gasteiger partial charge in [-0.3, -0.25) is 4.79 Å². The fraction of sp³-hybridized carbons (Fsp3) is 0.300. The van der Waals surface area contributed by atoms with Crippen LogP contribution in [-0.2, 0) is 22.4 Å². The van der Waals surface area contributed by atoms with E-state index in [1.54, 1.807) is 32.4 Å². The van der Waals surface area contributed by atoms with Gasteiger partial charge in [-0.2, -0.15) is 0 Å². The van der Waals surface area contributed by atoms with E-state index in [0.717, 1.165) is 16.7 Å². The minimum atomic E-state index is -0.420. The van der Waals surface area contributed by atoms with Crippen molar-refractivity contribution < 1.29 is 23.8 Å². The van der Waals surface area contributed by atoms with Gasteiger partial charge in [-0.1, -0.05) is 12.1 Å². The van der Waals surface area contributed by atoms with Crippen LogP contribution < -0.4 is 9.47 Å². The van der Waals surface area contributed by atoms with Crippen molar-refractivity contribution in [1.82, 2.24) is 0 Å². The lowest BCUT2D eigenvalue weighted by molar-refractivity contribution is -0.117. The van der Waals surface area contributed by atoms with Crippen LogP contribution in [0.3, 0.4) is 0 Å². The molecule has 0 aliphatic heterocycles. The predicted octanol–water partition coefficient (Wildman–Crippen LogP) is 3.15. The van der Waals surface area contributed by atoms with Gasteiger partial charge in [-0.05, 0) is 42.3 Å². The molecule has 2 rings (SSSR count). The Labute approximate surface area is 147 Å². The molecule has 0 heterocycles. The minimum Gasteiger partial charge on any atom is -0.496 e. The van der Waals surface area contributed by atoms with Gasteiger partial charge in [0.05, 0.1) is 26.9 Å². The van der Waals surface area contributed by atoms with Crippen LogP contribution in [0.15, 0.2) is 36.4 Å². The van der Waals surface area contributed by atoms with Crippen molar-refractivity contribution >= 4 is 11.8 Å². The third-order valence-corrected chi connectivity index (χ3v) is 3.88. The normalized spacial score (nSPS) is 10.2. The molecule has 0 aromatic heterocycles. The average Bonchev–Trinajstić information content (AvgIpc) is 2.62. The van der Waals surface area contributed by atoms with Crippen LogP contribution in [-0.4, -0.2) is 33.1 Å². The number of methoxy groups -OCH3 is 3. The van der Waals surface area contributed by atoms with Gasteiger partial charge in [0.1, 0.15) is 17.3 Å². The Hall–Kier alpha value is -2.82. The Kier molecular flexibility index (Phi) is 6.17. The predicted molar refractivity (Wildman–Crippen MR) is 94.5 cm³/mol. The molecule has 0 aliphatic rings. The highest BCUT2D eigenvalue weighted by Gasteiger charge is 2.16. The summed E-state index contributed by atoms with van der Waals surface area (Å²) in [4.78, 5) is 24.1. The number of benzene rings is 2. The van der Waals surface area contributed by atoms with Crippen LogP contribution in [0.2, 0.25) is 0 Å². The summed E-state index contributed by atoms with van der Waals surface area (Å²) in [5.41, 5.74) is 2.91. The second-order valence-corrected chi connectivity index (χ2v) is 5.73. The second kappa shape index (κ2) is 8.33. The molecular weight excluding hydrogens is 320 g/mol. The van der Waals surface area contributed by atoms with E-state index in [1.165, 1.54) is 7.11 Å². The van der Waals surface area contributed by atoms with E-state index in [2.05, 4.69) is 0 Å². The number of carbonyl (C=O) groups excluding carboxylic acids is 2. The summed E-state index contributed by atoms with van der Waals surface area (Å²) in [6.45, 7) is 1.94. The smallest absolute Gasteiger partial charge is 0.337 e. The molecule has 0 saturated heterocycles. The van der Waals surface area contributed by atoms with E-state index < -0.39 is 5.97 Å². The molecule has 2 aromatic rings. The molecule has 5 heteroatoms. The SMILES string of the molecule is COC(=O)c1cccc(CC(=O)Cc2c(OC)cc(C)cc2OC)c1. The maximum Gasteiger partial charge on any atom is 0.337 e. The van der Waals surface area contributed by atoms with E-state index in [-0.39, 0.29) is 18.6 Å². The first-order chi connectivity index (χ1) is 12.0. The van der Waals surface area contributed by atoms with Crippen LogP contribution in [0.4, 0.5) is 0 Å². The number of esters is 1. The van der Waals surface area contributed by atoms with E-state index in [1.807, 2.05) is 25.1 Å². The van der Waals surface area contributed by atoms with E-state index >= 15 is 0 Å². The number of carbonyl (C=O) groups is 2. The first kappa shape index (κ1) is 18.5. The first-order valence-corrected chi connectivity index (χ1v) is 7.89. The molecule has 25 heavy (non-hydrogen) atoms. The van der Waals surface area contributed by atoms with Crippen LogP contribution in [0.1, 0.15) is 27.0 Å². The molecule has 0 radical (unpaired) electrons. The second-order valence-electron chi connectivity index (χ2n) is 5.73.